The van der Waals surface area contributed by atoms with Crippen molar-refractivity contribution in [1.82, 2.24) is 4.98 Å². The zero-order chi connectivity index (χ0) is 27.1. The molecule has 2 aromatic rings. The van der Waals surface area contributed by atoms with E-state index in [4.69, 9.17) is 9.47 Å². The number of hydrogen-bond donors (Lipinski definition) is 2. The molecule has 3 unspecified atom stereocenters. The Hall–Kier alpha value is -2.35. The molecule has 7 nitrogen and oxygen atoms in total. The van der Waals surface area contributed by atoms with Crippen LogP contribution in [-0.2, 0) is 19.1 Å². The van der Waals surface area contributed by atoms with Gasteiger partial charge in [-0.05, 0) is 55.9 Å². The van der Waals surface area contributed by atoms with Crippen LogP contribution in [0.15, 0.2) is 30.5 Å². The molecule has 7 heteroatoms. The second-order valence-electron chi connectivity index (χ2n) is 12.1. The number of ketones is 1. The van der Waals surface area contributed by atoms with Crippen molar-refractivity contribution in [3.63, 3.8) is 0 Å². The minimum atomic E-state index is -1.24. The Morgan fingerprint density at radius 2 is 1.81 bits per heavy atom. The van der Waals surface area contributed by atoms with Gasteiger partial charge < -0.3 is 19.7 Å². The van der Waals surface area contributed by atoms with Crippen molar-refractivity contribution < 1.29 is 29.3 Å². The first-order valence-corrected chi connectivity index (χ1v) is 13.5. The van der Waals surface area contributed by atoms with E-state index in [0.29, 0.717) is 6.42 Å². The molecule has 0 amide bonds. The smallest absolute Gasteiger partial charge is 0.309 e. The second-order valence-corrected chi connectivity index (χ2v) is 12.1. The van der Waals surface area contributed by atoms with Crippen LogP contribution in [0.5, 0.6) is 0 Å². The minimum absolute atomic E-state index is 0.0676. The fourth-order valence-electron chi connectivity index (χ4n) is 5.67. The Morgan fingerprint density at radius 3 is 2.54 bits per heavy atom. The number of pyridine rings is 1. The van der Waals surface area contributed by atoms with Crippen molar-refractivity contribution in [3.05, 3.63) is 41.6 Å². The number of aliphatic hydroxyl groups excluding tert-OH is 2. The van der Waals surface area contributed by atoms with Gasteiger partial charge in [0.05, 0.1) is 41.3 Å². The number of hydrogen-bond acceptors (Lipinski definition) is 7. The normalized spacial score (nSPS) is 35.6. The van der Waals surface area contributed by atoms with Crippen LogP contribution in [0.2, 0.25) is 0 Å². The standard InChI is InChI=1S/C30H41NO6/c1-17-12-20-9-10-21(13-22(20)31-16-17)23-14-25-30(6,37-25)11-7-8-18(2)27(34)19(3)28(35)29(4,5)24(32)15-26(33)36-23/h9-10,12-13,16,18-19,23-25,27,32,34H,7-8,11,14-15H2,1-6H3/t18?,19?,23-,24?,25-,27-,30+/m0/s1. The van der Waals surface area contributed by atoms with Gasteiger partial charge in [-0.25, -0.2) is 0 Å². The number of cyclic esters (lactones) is 1. The van der Waals surface area contributed by atoms with Gasteiger partial charge in [-0.2, -0.15) is 0 Å². The molecule has 0 saturated carbocycles. The van der Waals surface area contributed by atoms with Crippen LogP contribution in [0.25, 0.3) is 10.9 Å². The molecule has 37 heavy (non-hydrogen) atoms. The molecule has 0 radical (unpaired) electrons. The first-order chi connectivity index (χ1) is 17.3. The van der Waals surface area contributed by atoms with Gasteiger partial charge in [-0.1, -0.05) is 46.2 Å². The first kappa shape index (κ1) is 27.7. The highest BCUT2D eigenvalue weighted by molar-refractivity contribution is 5.88. The number of carbonyl (C=O) groups excluding carboxylic acids is 2. The van der Waals surface area contributed by atoms with Crippen molar-refractivity contribution in [2.45, 2.75) is 104 Å². The molecule has 7 atom stereocenters. The van der Waals surface area contributed by atoms with Crippen molar-refractivity contribution in [2.24, 2.45) is 17.3 Å². The van der Waals surface area contributed by atoms with Crippen LogP contribution in [-0.4, -0.2) is 50.9 Å². The summed E-state index contributed by atoms with van der Waals surface area (Å²) in [5.74, 6) is -1.58. The Bertz CT molecular complexity index is 1160. The summed E-state index contributed by atoms with van der Waals surface area (Å²) >= 11 is 0. The molecule has 2 fully saturated rings. The lowest BCUT2D eigenvalue weighted by atomic mass is 9.73. The Labute approximate surface area is 219 Å². The number of Topliss-reactive ketones (excluding diaryl/α,β-unsaturated/α-hetero) is 1. The molecule has 1 aromatic carbocycles. The molecule has 3 heterocycles. The number of nitrogens with zero attached hydrogens (tertiary/aromatic N) is 1. The Morgan fingerprint density at radius 1 is 1.08 bits per heavy atom. The average Bonchev–Trinajstić information content (AvgIpc) is 3.49. The molecule has 0 spiro atoms. The van der Waals surface area contributed by atoms with E-state index in [1.165, 1.54) is 0 Å². The number of aromatic nitrogens is 1. The second kappa shape index (κ2) is 10.4. The van der Waals surface area contributed by atoms with Crippen LogP contribution in [0.3, 0.4) is 0 Å². The van der Waals surface area contributed by atoms with Crippen LogP contribution in [0, 0.1) is 24.2 Å². The van der Waals surface area contributed by atoms with E-state index < -0.39 is 35.6 Å². The number of carbonyl (C=O) groups is 2. The van der Waals surface area contributed by atoms with Gasteiger partial charge in [0.1, 0.15) is 11.9 Å². The van der Waals surface area contributed by atoms with Crippen molar-refractivity contribution in [1.29, 1.82) is 0 Å². The fraction of sp³-hybridized carbons (Fsp3) is 0.633. The fourth-order valence-corrected chi connectivity index (χ4v) is 5.67. The number of benzene rings is 1. The summed E-state index contributed by atoms with van der Waals surface area (Å²) in [5.41, 5.74) is 1.18. The number of aryl methyl sites for hydroxylation is 1. The molecule has 1 aromatic heterocycles. The molecule has 2 aliphatic heterocycles. The van der Waals surface area contributed by atoms with Crippen LogP contribution >= 0.6 is 0 Å². The lowest BCUT2D eigenvalue weighted by Gasteiger charge is -2.34. The third-order valence-corrected chi connectivity index (χ3v) is 8.62. The predicted molar refractivity (Wildman–Crippen MR) is 141 cm³/mol. The number of fused-ring (bicyclic) bond motifs is 2. The van der Waals surface area contributed by atoms with E-state index >= 15 is 0 Å². The molecular weight excluding hydrogens is 470 g/mol. The largest absolute Gasteiger partial charge is 0.457 e. The van der Waals surface area contributed by atoms with E-state index in [2.05, 4.69) is 18.0 Å². The van der Waals surface area contributed by atoms with E-state index in [-0.39, 0.29) is 29.8 Å². The summed E-state index contributed by atoms with van der Waals surface area (Å²) < 4.78 is 12.1. The zero-order valence-corrected chi connectivity index (χ0v) is 22.9. The summed E-state index contributed by atoms with van der Waals surface area (Å²) in [6.07, 6.45) is 1.73. The van der Waals surface area contributed by atoms with E-state index in [1.807, 2.05) is 38.2 Å². The van der Waals surface area contributed by atoms with Crippen molar-refractivity contribution >= 4 is 22.7 Å². The molecule has 202 valence electrons. The summed E-state index contributed by atoms with van der Waals surface area (Å²) in [7, 11) is 0. The number of rotatable bonds is 1. The summed E-state index contributed by atoms with van der Waals surface area (Å²) in [5, 5.41) is 22.8. The van der Waals surface area contributed by atoms with E-state index in [9.17, 15) is 19.8 Å². The molecule has 2 N–H and O–H groups in total. The highest BCUT2D eigenvalue weighted by atomic mass is 16.6. The number of epoxide rings is 1. The van der Waals surface area contributed by atoms with Crippen molar-refractivity contribution in [2.75, 3.05) is 0 Å². The maximum atomic E-state index is 13.3. The van der Waals surface area contributed by atoms with Gasteiger partial charge in [0.15, 0.2) is 0 Å². The Kier molecular flexibility index (Phi) is 7.80. The monoisotopic (exact) mass is 511 g/mol. The quantitative estimate of drug-likeness (QED) is 0.417. The van der Waals surface area contributed by atoms with Gasteiger partial charge in [-0.15, -0.1) is 0 Å². The summed E-state index contributed by atoms with van der Waals surface area (Å²) in [6, 6.07) is 7.94. The first-order valence-electron chi connectivity index (χ1n) is 13.5. The highest BCUT2D eigenvalue weighted by Crippen LogP contribution is 2.46. The predicted octanol–water partition coefficient (Wildman–Crippen LogP) is 4.84. The average molecular weight is 512 g/mol. The van der Waals surface area contributed by atoms with Crippen molar-refractivity contribution in [3.8, 4) is 0 Å². The lowest BCUT2D eigenvalue weighted by Crippen LogP contribution is -2.45. The number of esters is 1. The molecule has 2 aliphatic rings. The number of ether oxygens (including phenoxy) is 2. The summed E-state index contributed by atoms with van der Waals surface area (Å²) in [6.45, 7) is 11.0. The highest BCUT2D eigenvalue weighted by Gasteiger charge is 2.53. The van der Waals surface area contributed by atoms with E-state index in [0.717, 1.165) is 41.3 Å². The molecule has 2 saturated heterocycles. The maximum absolute atomic E-state index is 13.3. The van der Waals surface area contributed by atoms with Crippen LogP contribution in [0.4, 0.5) is 0 Å². The van der Waals surface area contributed by atoms with Crippen LogP contribution < -0.4 is 0 Å². The maximum Gasteiger partial charge on any atom is 0.309 e. The number of aliphatic hydroxyl groups is 2. The minimum Gasteiger partial charge on any atom is -0.457 e. The molecule has 0 aliphatic carbocycles. The van der Waals surface area contributed by atoms with E-state index in [1.54, 1.807) is 20.8 Å². The summed E-state index contributed by atoms with van der Waals surface area (Å²) in [4.78, 5) is 30.9. The topological polar surface area (TPSA) is 109 Å². The molecule has 0 bridgehead atoms. The SMILES string of the molecule is Cc1cnc2cc([C@@H]3C[C@@H]4O[C@]4(C)CCCC(C)[C@H](O)C(C)C(=O)C(C)(C)C(O)CC(=O)O3)ccc2c1. The van der Waals surface area contributed by atoms with Gasteiger partial charge in [0.25, 0.3) is 0 Å². The molecular formula is C30H41NO6. The third kappa shape index (κ3) is 5.89. The lowest BCUT2D eigenvalue weighted by molar-refractivity contribution is -0.156. The third-order valence-electron chi connectivity index (χ3n) is 8.62. The van der Waals surface area contributed by atoms with Gasteiger partial charge in [0, 0.05) is 23.9 Å². The Balaban J connectivity index is 1.62. The molecule has 4 rings (SSSR count). The zero-order valence-electron chi connectivity index (χ0n) is 22.9. The van der Waals surface area contributed by atoms with Gasteiger partial charge in [-0.3, -0.25) is 14.6 Å². The van der Waals surface area contributed by atoms with Crippen LogP contribution in [0.1, 0.15) is 84.0 Å². The van der Waals surface area contributed by atoms with Gasteiger partial charge in [0.2, 0.25) is 0 Å². The van der Waals surface area contributed by atoms with Gasteiger partial charge >= 0.3 is 5.97 Å².